The van der Waals surface area contributed by atoms with Crippen molar-refractivity contribution in [1.82, 2.24) is 5.32 Å². The summed E-state index contributed by atoms with van der Waals surface area (Å²) in [7, 11) is 1.40. The molecule has 114 valence electrons. The average Bonchev–Trinajstić information content (AvgIpc) is 2.45. The van der Waals surface area contributed by atoms with E-state index in [-0.39, 0.29) is 23.6 Å². The number of methoxy groups -OCH3 is 1. The maximum absolute atomic E-state index is 12.2. The van der Waals surface area contributed by atoms with Crippen molar-refractivity contribution in [2.45, 2.75) is 39.0 Å². The van der Waals surface area contributed by atoms with E-state index in [0.717, 1.165) is 12.0 Å². The van der Waals surface area contributed by atoms with Crippen LogP contribution in [-0.4, -0.2) is 31.0 Å². The third kappa shape index (κ3) is 4.61. The van der Waals surface area contributed by atoms with Crippen LogP contribution in [0.4, 0.5) is 8.78 Å². The fourth-order valence-corrected chi connectivity index (χ4v) is 1.62. The summed E-state index contributed by atoms with van der Waals surface area (Å²) in [5.74, 6) is 0.262. The molecule has 1 atom stereocenters. The number of ether oxygens (including phenoxy) is 2. The van der Waals surface area contributed by atoms with Crippen LogP contribution in [0.1, 0.15) is 25.8 Å². The van der Waals surface area contributed by atoms with Crippen molar-refractivity contribution >= 4 is 0 Å². The summed E-state index contributed by atoms with van der Waals surface area (Å²) < 4.78 is 33.8. The Bertz CT molecular complexity index is 423. The normalized spacial score (nSPS) is 14.2. The monoisotopic (exact) mass is 289 g/mol. The minimum atomic E-state index is -2.88. The Morgan fingerprint density at radius 2 is 2.05 bits per heavy atom. The first-order chi connectivity index (χ1) is 9.44. The van der Waals surface area contributed by atoms with Crippen molar-refractivity contribution in [3.63, 3.8) is 0 Å². The van der Waals surface area contributed by atoms with Crippen LogP contribution in [-0.2, 0) is 6.54 Å². The van der Waals surface area contributed by atoms with Gasteiger partial charge in [0, 0.05) is 12.1 Å². The Morgan fingerprint density at radius 1 is 1.35 bits per heavy atom. The molecule has 6 heteroatoms. The zero-order valence-corrected chi connectivity index (χ0v) is 12.0. The van der Waals surface area contributed by atoms with Crippen molar-refractivity contribution in [2.24, 2.45) is 0 Å². The van der Waals surface area contributed by atoms with Crippen molar-refractivity contribution in [2.75, 3.05) is 13.7 Å². The zero-order chi connectivity index (χ0) is 15.2. The van der Waals surface area contributed by atoms with Gasteiger partial charge < -0.3 is 19.9 Å². The highest BCUT2D eigenvalue weighted by atomic mass is 19.3. The standard InChI is InChI=1S/C14H21F2NO3/c1-4-14(2,9-18)17-8-10-5-6-11(20-13(15)16)12(7-10)19-3/h5-7,13,17-18H,4,8-9H2,1-3H3. The van der Waals surface area contributed by atoms with E-state index in [9.17, 15) is 13.9 Å². The predicted octanol–water partition coefficient (Wildman–Crippen LogP) is 2.55. The first-order valence-electron chi connectivity index (χ1n) is 6.41. The molecule has 0 aliphatic heterocycles. The largest absolute Gasteiger partial charge is 0.493 e. The number of aliphatic hydroxyl groups is 1. The second-order valence-corrected chi connectivity index (χ2v) is 4.79. The lowest BCUT2D eigenvalue weighted by Crippen LogP contribution is -2.44. The van der Waals surface area contributed by atoms with Gasteiger partial charge in [0.05, 0.1) is 13.7 Å². The molecule has 0 aliphatic carbocycles. The van der Waals surface area contributed by atoms with Crippen LogP contribution in [0.2, 0.25) is 0 Å². The van der Waals surface area contributed by atoms with Gasteiger partial charge in [-0.25, -0.2) is 0 Å². The van der Waals surface area contributed by atoms with E-state index in [1.54, 1.807) is 12.1 Å². The molecular formula is C14H21F2NO3. The highest BCUT2D eigenvalue weighted by molar-refractivity contribution is 5.43. The summed E-state index contributed by atoms with van der Waals surface area (Å²) in [6.07, 6.45) is 0.771. The van der Waals surface area contributed by atoms with Crippen LogP contribution < -0.4 is 14.8 Å². The molecule has 0 amide bonds. The molecule has 1 unspecified atom stereocenters. The second-order valence-electron chi connectivity index (χ2n) is 4.79. The Hall–Kier alpha value is -1.40. The fourth-order valence-electron chi connectivity index (χ4n) is 1.62. The number of hydrogen-bond donors (Lipinski definition) is 2. The minimum Gasteiger partial charge on any atom is -0.493 e. The molecule has 0 radical (unpaired) electrons. The first-order valence-corrected chi connectivity index (χ1v) is 6.41. The first kappa shape index (κ1) is 16.7. The number of alkyl halides is 2. The highest BCUT2D eigenvalue weighted by Crippen LogP contribution is 2.29. The summed E-state index contributed by atoms with van der Waals surface area (Å²) in [5.41, 5.74) is 0.488. The molecule has 2 N–H and O–H groups in total. The van der Waals surface area contributed by atoms with Crippen molar-refractivity contribution in [3.05, 3.63) is 23.8 Å². The number of rotatable bonds is 8. The van der Waals surface area contributed by atoms with Crippen LogP contribution in [0, 0.1) is 0 Å². The van der Waals surface area contributed by atoms with E-state index in [1.165, 1.54) is 13.2 Å². The van der Waals surface area contributed by atoms with Crippen LogP contribution in [0.15, 0.2) is 18.2 Å². The van der Waals surface area contributed by atoms with E-state index >= 15 is 0 Å². The quantitative estimate of drug-likeness (QED) is 0.772. The van der Waals surface area contributed by atoms with Gasteiger partial charge in [-0.2, -0.15) is 8.78 Å². The molecule has 0 fully saturated rings. The van der Waals surface area contributed by atoms with Gasteiger partial charge in [-0.3, -0.25) is 0 Å². The molecule has 1 aromatic carbocycles. The topological polar surface area (TPSA) is 50.7 Å². The average molecular weight is 289 g/mol. The smallest absolute Gasteiger partial charge is 0.387 e. The van der Waals surface area contributed by atoms with Crippen molar-refractivity contribution < 1.29 is 23.4 Å². The molecule has 0 bridgehead atoms. The molecule has 0 saturated heterocycles. The van der Waals surface area contributed by atoms with Crippen LogP contribution in [0.25, 0.3) is 0 Å². The van der Waals surface area contributed by atoms with Crippen LogP contribution >= 0.6 is 0 Å². The molecular weight excluding hydrogens is 268 g/mol. The summed E-state index contributed by atoms with van der Waals surface area (Å²) >= 11 is 0. The Labute approximate surface area is 117 Å². The van der Waals surface area contributed by atoms with E-state index < -0.39 is 6.61 Å². The second kappa shape index (κ2) is 7.40. The number of hydrogen-bond acceptors (Lipinski definition) is 4. The van der Waals surface area contributed by atoms with Gasteiger partial charge in [-0.1, -0.05) is 13.0 Å². The maximum atomic E-state index is 12.2. The van der Waals surface area contributed by atoms with Gasteiger partial charge in [0.2, 0.25) is 0 Å². The third-order valence-electron chi connectivity index (χ3n) is 3.29. The van der Waals surface area contributed by atoms with Gasteiger partial charge in [0.1, 0.15) is 0 Å². The van der Waals surface area contributed by atoms with Gasteiger partial charge in [0.25, 0.3) is 0 Å². The molecule has 0 heterocycles. The van der Waals surface area contributed by atoms with Crippen molar-refractivity contribution in [3.8, 4) is 11.5 Å². The number of halogens is 2. The van der Waals surface area contributed by atoms with Crippen LogP contribution in [0.3, 0.4) is 0 Å². The molecule has 0 spiro atoms. The fraction of sp³-hybridized carbons (Fsp3) is 0.571. The number of benzene rings is 1. The van der Waals surface area contributed by atoms with E-state index in [1.807, 2.05) is 13.8 Å². The Kier molecular flexibility index (Phi) is 6.16. The lowest BCUT2D eigenvalue weighted by molar-refractivity contribution is -0.0512. The van der Waals surface area contributed by atoms with Gasteiger partial charge >= 0.3 is 6.61 Å². The zero-order valence-electron chi connectivity index (χ0n) is 12.0. The van der Waals surface area contributed by atoms with Crippen LogP contribution in [0.5, 0.6) is 11.5 Å². The molecule has 1 rings (SSSR count). The van der Waals surface area contributed by atoms with Crippen molar-refractivity contribution in [1.29, 1.82) is 0 Å². The van der Waals surface area contributed by atoms with E-state index in [4.69, 9.17) is 4.74 Å². The molecule has 20 heavy (non-hydrogen) atoms. The predicted molar refractivity (Wildman–Crippen MR) is 72.2 cm³/mol. The Morgan fingerprint density at radius 3 is 2.55 bits per heavy atom. The van der Waals surface area contributed by atoms with Gasteiger partial charge in [-0.15, -0.1) is 0 Å². The summed E-state index contributed by atoms with van der Waals surface area (Å²) in [5, 5.41) is 12.5. The molecule has 1 aromatic rings. The lowest BCUT2D eigenvalue weighted by Gasteiger charge is -2.27. The summed E-state index contributed by atoms with van der Waals surface area (Å²) in [6.45, 7) is 1.52. The van der Waals surface area contributed by atoms with Gasteiger partial charge in [0.15, 0.2) is 11.5 Å². The van der Waals surface area contributed by atoms with Gasteiger partial charge in [-0.05, 0) is 31.0 Å². The Balaban J connectivity index is 2.78. The minimum absolute atomic E-state index is 0.00617. The third-order valence-corrected chi connectivity index (χ3v) is 3.29. The summed E-state index contributed by atoms with van der Waals surface area (Å²) in [4.78, 5) is 0. The lowest BCUT2D eigenvalue weighted by atomic mass is 10.00. The molecule has 0 saturated carbocycles. The SMILES string of the molecule is CCC(C)(CO)NCc1ccc(OC(F)F)c(OC)c1. The molecule has 0 aliphatic rings. The highest BCUT2D eigenvalue weighted by Gasteiger charge is 2.20. The molecule has 4 nitrogen and oxygen atoms in total. The number of nitrogens with one attached hydrogen (secondary N) is 1. The number of aliphatic hydroxyl groups excluding tert-OH is 1. The molecule has 0 aromatic heterocycles. The summed E-state index contributed by atoms with van der Waals surface area (Å²) in [6, 6.07) is 4.77. The maximum Gasteiger partial charge on any atom is 0.387 e. The van der Waals surface area contributed by atoms with E-state index in [0.29, 0.717) is 6.54 Å². The van der Waals surface area contributed by atoms with E-state index in [2.05, 4.69) is 10.1 Å².